The molecule has 0 saturated heterocycles. The van der Waals surface area contributed by atoms with Crippen molar-refractivity contribution < 1.29 is 28.8 Å². The number of rotatable bonds is 14. The molecule has 0 aromatic rings. The molecule has 0 aromatic carbocycles. The normalized spacial score (nSPS) is 11.5. The third kappa shape index (κ3) is 14.4. The monoisotopic (exact) mass is 340 g/mol. The molecule has 0 radical (unpaired) electrons. The first-order chi connectivity index (χ1) is 10.5. The molecule has 0 unspecified atom stereocenters. The highest BCUT2D eigenvalue weighted by Gasteiger charge is 2.18. The summed E-state index contributed by atoms with van der Waals surface area (Å²) in [5.41, 5.74) is 5.35. The van der Waals surface area contributed by atoms with E-state index in [-0.39, 0.29) is 6.79 Å². The molecular weight excluding hydrogens is 312 g/mol. The third-order valence-corrected chi connectivity index (χ3v) is 3.22. The maximum Gasteiger partial charge on any atom is 0.407 e. The van der Waals surface area contributed by atoms with E-state index < -0.39 is 11.9 Å². The Bertz CT molecular complexity index is 281. The van der Waals surface area contributed by atoms with Crippen molar-refractivity contribution in [1.29, 1.82) is 0 Å². The number of amides is 1. The van der Waals surface area contributed by atoms with Crippen LogP contribution < -0.4 is 11.1 Å². The molecule has 0 fully saturated rings. The standard InChI is InChI=1S/C13H28N2O6S/c1-13(2,20-5-3-14)21-6-4-15-12(17)19-8-10-22-9-7-18-11-16/h16H,3-11,14H2,1-2H3,(H,15,17). The van der Waals surface area contributed by atoms with Crippen LogP contribution in [0.4, 0.5) is 4.79 Å². The van der Waals surface area contributed by atoms with Crippen molar-refractivity contribution >= 4 is 17.9 Å². The number of aliphatic hydroxyl groups is 1. The topological polar surface area (TPSA) is 112 Å². The summed E-state index contributed by atoms with van der Waals surface area (Å²) in [6, 6.07) is 0. The van der Waals surface area contributed by atoms with Crippen molar-refractivity contribution in [2.75, 3.05) is 57.8 Å². The van der Waals surface area contributed by atoms with Crippen LogP contribution in [0.3, 0.4) is 0 Å². The van der Waals surface area contributed by atoms with Gasteiger partial charge in [-0.3, -0.25) is 0 Å². The van der Waals surface area contributed by atoms with Gasteiger partial charge in [-0.25, -0.2) is 4.79 Å². The van der Waals surface area contributed by atoms with E-state index in [0.29, 0.717) is 45.3 Å². The van der Waals surface area contributed by atoms with Gasteiger partial charge in [-0.05, 0) is 13.8 Å². The Morgan fingerprint density at radius 2 is 1.86 bits per heavy atom. The van der Waals surface area contributed by atoms with Crippen molar-refractivity contribution in [1.82, 2.24) is 5.32 Å². The Balaban J connectivity index is 3.42. The van der Waals surface area contributed by atoms with E-state index in [9.17, 15) is 4.79 Å². The van der Waals surface area contributed by atoms with Crippen LogP contribution in [0.5, 0.6) is 0 Å². The van der Waals surface area contributed by atoms with Crippen LogP contribution in [0.25, 0.3) is 0 Å². The Morgan fingerprint density at radius 1 is 1.18 bits per heavy atom. The molecule has 8 nitrogen and oxygen atoms in total. The molecule has 0 rings (SSSR count). The summed E-state index contributed by atoms with van der Waals surface area (Å²) >= 11 is 1.58. The molecule has 4 N–H and O–H groups in total. The van der Waals surface area contributed by atoms with Gasteiger partial charge in [0.05, 0.1) is 19.8 Å². The van der Waals surface area contributed by atoms with Crippen LogP contribution in [0.2, 0.25) is 0 Å². The summed E-state index contributed by atoms with van der Waals surface area (Å²) in [4.78, 5) is 11.4. The lowest BCUT2D eigenvalue weighted by Crippen LogP contribution is -2.35. The number of hydrogen-bond acceptors (Lipinski definition) is 8. The summed E-state index contributed by atoms with van der Waals surface area (Å²) < 4.78 is 20.6. The minimum atomic E-state index is -0.724. The lowest BCUT2D eigenvalue weighted by atomic mass is 10.4. The van der Waals surface area contributed by atoms with Crippen molar-refractivity contribution in [3.8, 4) is 0 Å². The fraction of sp³-hybridized carbons (Fsp3) is 0.923. The predicted octanol–water partition coefficient (Wildman–Crippen LogP) is 0.140. The van der Waals surface area contributed by atoms with Gasteiger partial charge < -0.3 is 35.1 Å². The second-order valence-electron chi connectivity index (χ2n) is 4.60. The highest BCUT2D eigenvalue weighted by molar-refractivity contribution is 7.99. The van der Waals surface area contributed by atoms with E-state index in [2.05, 4.69) is 5.32 Å². The van der Waals surface area contributed by atoms with E-state index in [1.54, 1.807) is 25.6 Å². The molecule has 0 heterocycles. The average Bonchev–Trinajstić information content (AvgIpc) is 2.49. The van der Waals surface area contributed by atoms with Gasteiger partial charge in [0.1, 0.15) is 13.4 Å². The number of nitrogens with one attached hydrogen (secondary N) is 1. The first-order valence-electron chi connectivity index (χ1n) is 7.17. The molecule has 1 amide bonds. The van der Waals surface area contributed by atoms with E-state index in [1.165, 1.54) is 0 Å². The maximum absolute atomic E-state index is 11.4. The molecule has 0 aliphatic heterocycles. The molecule has 0 saturated carbocycles. The average molecular weight is 340 g/mol. The van der Waals surface area contributed by atoms with Crippen LogP contribution in [-0.4, -0.2) is 74.8 Å². The fourth-order valence-corrected chi connectivity index (χ4v) is 1.97. The summed E-state index contributed by atoms with van der Waals surface area (Å²) in [5.74, 6) is 0.703. The smallest absolute Gasteiger partial charge is 0.407 e. The zero-order valence-corrected chi connectivity index (χ0v) is 14.2. The maximum atomic E-state index is 11.4. The molecule has 0 aliphatic rings. The van der Waals surface area contributed by atoms with Crippen LogP contribution in [-0.2, 0) is 18.9 Å². The summed E-state index contributed by atoms with van der Waals surface area (Å²) in [5, 5.41) is 11.0. The number of aliphatic hydroxyl groups excluding tert-OH is 1. The minimum Gasteiger partial charge on any atom is -0.449 e. The van der Waals surface area contributed by atoms with Gasteiger partial charge in [0.2, 0.25) is 0 Å². The van der Waals surface area contributed by atoms with Crippen molar-refractivity contribution in [3.05, 3.63) is 0 Å². The highest BCUT2D eigenvalue weighted by atomic mass is 32.2. The lowest BCUT2D eigenvalue weighted by molar-refractivity contribution is -0.210. The zero-order chi connectivity index (χ0) is 16.7. The van der Waals surface area contributed by atoms with E-state index >= 15 is 0 Å². The number of hydrogen-bond donors (Lipinski definition) is 3. The molecule has 0 atom stereocenters. The van der Waals surface area contributed by atoms with Crippen LogP contribution >= 0.6 is 11.8 Å². The summed E-state index contributed by atoms with van der Waals surface area (Å²) in [6.45, 7) is 5.62. The van der Waals surface area contributed by atoms with Crippen molar-refractivity contribution in [2.45, 2.75) is 19.6 Å². The molecule has 0 aliphatic carbocycles. The second-order valence-corrected chi connectivity index (χ2v) is 5.82. The van der Waals surface area contributed by atoms with E-state index in [4.69, 9.17) is 29.8 Å². The number of carbonyl (C=O) groups excluding carboxylic acids is 1. The minimum absolute atomic E-state index is 0.268. The number of nitrogens with two attached hydrogens (primary N) is 1. The first kappa shape index (κ1) is 21.4. The van der Waals surface area contributed by atoms with Gasteiger partial charge >= 0.3 is 6.09 Å². The second kappa shape index (κ2) is 14.0. The van der Waals surface area contributed by atoms with Crippen LogP contribution in [0.1, 0.15) is 13.8 Å². The SMILES string of the molecule is CC(C)(OCCN)OCCNC(=O)OCCSCCOCO. The summed E-state index contributed by atoms with van der Waals surface area (Å²) in [6.07, 6.45) is -0.475. The van der Waals surface area contributed by atoms with Gasteiger partial charge in [-0.1, -0.05) is 0 Å². The third-order valence-electron chi connectivity index (χ3n) is 2.31. The Labute approximate surface area is 136 Å². The van der Waals surface area contributed by atoms with Crippen molar-refractivity contribution in [3.63, 3.8) is 0 Å². The van der Waals surface area contributed by atoms with Gasteiger partial charge in [0, 0.05) is 24.6 Å². The summed E-state index contributed by atoms with van der Waals surface area (Å²) in [7, 11) is 0. The largest absolute Gasteiger partial charge is 0.449 e. The van der Waals surface area contributed by atoms with E-state index in [0.717, 1.165) is 5.75 Å². The molecule has 132 valence electrons. The van der Waals surface area contributed by atoms with Gasteiger partial charge in [0.15, 0.2) is 5.79 Å². The quantitative estimate of drug-likeness (QED) is 0.302. The molecular formula is C13H28N2O6S. The molecule has 0 spiro atoms. The van der Waals surface area contributed by atoms with Crippen molar-refractivity contribution in [2.24, 2.45) is 5.73 Å². The number of ether oxygens (including phenoxy) is 4. The van der Waals surface area contributed by atoms with Gasteiger partial charge in [0.25, 0.3) is 0 Å². The Kier molecular flexibility index (Phi) is 13.7. The predicted molar refractivity (Wildman–Crippen MR) is 84.8 cm³/mol. The molecule has 0 aromatic heterocycles. The number of carbonyl (C=O) groups is 1. The first-order valence-corrected chi connectivity index (χ1v) is 8.32. The number of thioether (sulfide) groups is 1. The van der Waals surface area contributed by atoms with Crippen LogP contribution in [0.15, 0.2) is 0 Å². The lowest BCUT2D eigenvalue weighted by Gasteiger charge is -2.25. The van der Waals surface area contributed by atoms with Gasteiger partial charge in [-0.15, -0.1) is 0 Å². The Hall–Kier alpha value is -0.580. The number of alkyl carbamates (subject to hydrolysis) is 1. The van der Waals surface area contributed by atoms with Gasteiger partial charge in [-0.2, -0.15) is 11.8 Å². The molecule has 22 heavy (non-hydrogen) atoms. The van der Waals surface area contributed by atoms with Crippen LogP contribution in [0, 0.1) is 0 Å². The Morgan fingerprint density at radius 3 is 2.55 bits per heavy atom. The molecule has 0 bridgehead atoms. The highest BCUT2D eigenvalue weighted by Crippen LogP contribution is 2.09. The fourth-order valence-electron chi connectivity index (χ4n) is 1.33. The molecule has 9 heteroatoms. The zero-order valence-electron chi connectivity index (χ0n) is 13.3. The van der Waals surface area contributed by atoms with E-state index in [1.807, 2.05) is 0 Å².